The van der Waals surface area contributed by atoms with Gasteiger partial charge in [-0.15, -0.1) is 0 Å². The molecule has 0 spiro atoms. The van der Waals surface area contributed by atoms with Crippen LogP contribution in [0.1, 0.15) is 38.1 Å². The fourth-order valence-electron chi connectivity index (χ4n) is 1.19. The van der Waals surface area contributed by atoms with Crippen molar-refractivity contribution in [3.8, 4) is 0 Å². The third-order valence-electron chi connectivity index (χ3n) is 2.82. The van der Waals surface area contributed by atoms with Crippen molar-refractivity contribution in [2.45, 2.75) is 27.7 Å². The summed E-state index contributed by atoms with van der Waals surface area (Å²) in [5.74, 6) is -0.0319. The molecule has 3 amide bonds. The number of rotatable bonds is 1. The summed E-state index contributed by atoms with van der Waals surface area (Å²) in [5.41, 5.74) is 0.699. The molecule has 0 aliphatic heterocycles. The number of carbonyl (C=O) groups excluding carboxylic acids is 3. The minimum atomic E-state index is -0.0411. The second kappa shape index (κ2) is 53.2. The molecule has 3 radical (unpaired) electrons. The number of benzene rings is 1. The summed E-state index contributed by atoms with van der Waals surface area (Å²) in [6, 6.07) is 16.8. The van der Waals surface area contributed by atoms with Gasteiger partial charge < -0.3 is 42.6 Å². The molecule has 211 valence electrons. The molecule has 0 unspecified atom stereocenters. The van der Waals surface area contributed by atoms with Gasteiger partial charge in [-0.1, -0.05) is 44.2 Å². The van der Waals surface area contributed by atoms with E-state index in [4.69, 9.17) is 0 Å². The van der Waals surface area contributed by atoms with Gasteiger partial charge in [0.05, 0.1) is 12.5 Å². The summed E-state index contributed by atoms with van der Waals surface area (Å²) >= 11 is 1.71. The number of amides is 3. The Labute approximate surface area is 312 Å². The predicted octanol–water partition coefficient (Wildman–Crippen LogP) is 5.95. The maximum Gasteiger partial charge on any atom is 0.251 e. The van der Waals surface area contributed by atoms with Crippen LogP contribution in [0.5, 0.6) is 0 Å². The van der Waals surface area contributed by atoms with E-state index in [1.54, 1.807) is 57.1 Å². The van der Waals surface area contributed by atoms with Gasteiger partial charge in [-0.2, -0.15) is 11.3 Å². The molecule has 0 aliphatic rings. The molecule has 0 fully saturated rings. The second-order valence-corrected chi connectivity index (χ2v) is 5.96. The molecular formula is C27H46N3O4SY3-3. The maximum absolute atomic E-state index is 10.9. The van der Waals surface area contributed by atoms with Crippen LogP contribution in [0.2, 0.25) is 0 Å². The van der Waals surface area contributed by atoms with Crippen LogP contribution in [0.15, 0.2) is 82.3 Å². The third-order valence-corrected chi connectivity index (χ3v) is 3.45. The molecule has 3 rings (SSSR count). The van der Waals surface area contributed by atoms with E-state index in [2.05, 4.69) is 20.4 Å². The Morgan fingerprint density at radius 2 is 0.974 bits per heavy atom. The number of hydrogen-bond donors (Lipinski definition) is 3. The number of carbonyl (C=O) groups is 3. The van der Waals surface area contributed by atoms with Gasteiger partial charge in [0.1, 0.15) is 0 Å². The SMILES string of the molecule is CC.CNC(=O)c1ccccc1.CNC(C)=O.CNC(C)=O.[CH3-].[CH3-].[CH3-].[Y].[Y].[Y].c1ccoc1.c1ccsc1. The zero-order chi connectivity index (χ0) is 25.0. The van der Waals surface area contributed by atoms with Gasteiger partial charge in [-0.05, 0) is 35.0 Å². The Bertz CT molecular complexity index is 689. The van der Waals surface area contributed by atoms with E-state index in [0.717, 1.165) is 0 Å². The van der Waals surface area contributed by atoms with Crippen molar-refractivity contribution in [3.63, 3.8) is 0 Å². The fourth-order valence-corrected chi connectivity index (χ4v) is 1.64. The topological polar surface area (TPSA) is 100 Å². The van der Waals surface area contributed by atoms with Crippen molar-refractivity contribution in [1.29, 1.82) is 0 Å². The van der Waals surface area contributed by atoms with Crippen LogP contribution >= 0.6 is 11.3 Å². The van der Waals surface area contributed by atoms with E-state index in [0.29, 0.717) is 5.56 Å². The first-order valence-corrected chi connectivity index (χ1v) is 10.9. The van der Waals surface area contributed by atoms with Crippen molar-refractivity contribution in [2.75, 3.05) is 21.1 Å². The van der Waals surface area contributed by atoms with Gasteiger partial charge >= 0.3 is 0 Å². The van der Waals surface area contributed by atoms with E-state index < -0.39 is 0 Å². The van der Waals surface area contributed by atoms with Crippen molar-refractivity contribution < 1.29 is 117 Å². The summed E-state index contributed by atoms with van der Waals surface area (Å²) in [6.07, 6.45) is 3.25. The molecule has 7 nitrogen and oxygen atoms in total. The van der Waals surface area contributed by atoms with Crippen molar-refractivity contribution >= 4 is 29.1 Å². The Kier molecular flexibility index (Phi) is 86.5. The zero-order valence-electron chi connectivity index (χ0n) is 24.8. The Morgan fingerprint density at radius 3 is 1.16 bits per heavy atom. The van der Waals surface area contributed by atoms with Crippen molar-refractivity contribution in [1.82, 2.24) is 16.0 Å². The Balaban J connectivity index is -0.0000000385. The van der Waals surface area contributed by atoms with E-state index in [-0.39, 0.29) is 138 Å². The summed E-state index contributed by atoms with van der Waals surface area (Å²) in [5, 5.41) is 11.4. The Morgan fingerprint density at radius 1 is 0.632 bits per heavy atom. The Hall–Kier alpha value is -0.0783. The first-order chi connectivity index (χ1) is 15.4. The number of thiophene rings is 1. The van der Waals surface area contributed by atoms with Gasteiger partial charge in [0, 0.05) is 139 Å². The first-order valence-electron chi connectivity index (χ1n) is 9.97. The van der Waals surface area contributed by atoms with Crippen LogP contribution in [0.3, 0.4) is 0 Å². The molecule has 0 saturated heterocycles. The van der Waals surface area contributed by atoms with E-state index >= 15 is 0 Å². The fraction of sp³-hybridized carbons (Fsp3) is 0.259. The summed E-state index contributed by atoms with van der Waals surface area (Å²) < 4.78 is 4.58. The quantitative estimate of drug-likeness (QED) is 0.267. The van der Waals surface area contributed by atoms with Crippen LogP contribution in [0.25, 0.3) is 0 Å². The molecule has 3 aromatic rings. The normalized spacial score (nSPS) is 6.39. The van der Waals surface area contributed by atoms with Crippen LogP contribution in [-0.4, -0.2) is 38.9 Å². The molecule has 3 N–H and O–H groups in total. The average molecular weight is 775 g/mol. The van der Waals surface area contributed by atoms with Crippen LogP contribution < -0.4 is 16.0 Å². The number of hydrogen-bond acceptors (Lipinski definition) is 5. The number of nitrogens with one attached hydrogen (secondary N) is 3. The van der Waals surface area contributed by atoms with Gasteiger partial charge in [-0.25, -0.2) is 0 Å². The predicted molar refractivity (Wildman–Crippen MR) is 153 cm³/mol. The zero-order valence-corrected chi connectivity index (χ0v) is 34.1. The largest absolute Gasteiger partial charge is 0.473 e. The summed E-state index contributed by atoms with van der Waals surface area (Å²) in [7, 11) is 4.82. The summed E-state index contributed by atoms with van der Waals surface area (Å²) in [6.45, 7) is 6.94. The van der Waals surface area contributed by atoms with Crippen LogP contribution in [-0.2, 0) is 108 Å². The maximum atomic E-state index is 10.9. The molecule has 38 heavy (non-hydrogen) atoms. The molecule has 2 heterocycles. The summed E-state index contributed by atoms with van der Waals surface area (Å²) in [4.78, 5) is 30.3. The van der Waals surface area contributed by atoms with Crippen molar-refractivity contribution in [2.24, 2.45) is 0 Å². The minimum absolute atomic E-state index is 0. The second-order valence-electron chi connectivity index (χ2n) is 5.14. The third kappa shape index (κ3) is 56.2. The van der Waals surface area contributed by atoms with Gasteiger partial charge in [0.25, 0.3) is 5.91 Å². The van der Waals surface area contributed by atoms with Crippen LogP contribution in [0, 0.1) is 22.3 Å². The van der Waals surface area contributed by atoms with E-state index in [1.165, 1.54) is 13.8 Å². The monoisotopic (exact) mass is 775 g/mol. The average Bonchev–Trinajstić information content (AvgIpc) is 3.60. The molecule has 0 atom stereocenters. The molecular weight excluding hydrogens is 729 g/mol. The molecule has 11 heteroatoms. The molecule has 0 aliphatic carbocycles. The standard InChI is InChI=1S/C8H9NO.C4H4O.C4H4S.2C3H7NO.C2H6.3CH3.3Y/c1-9-8(10)7-5-3-2-4-6-7;2*1-2-4-5-3-1;2*1-3(5)4-2;1-2;;;;;;/h2-6H,1H3,(H,9,10);2*1-4H;2*1-2H3,(H,4,5);1-2H3;3*1H3;;;/q;;;;;;3*-1;;;. The smallest absolute Gasteiger partial charge is 0.251 e. The van der Waals surface area contributed by atoms with Crippen LogP contribution in [0.4, 0.5) is 0 Å². The molecule has 2 aromatic heterocycles. The molecule has 1 aromatic carbocycles. The van der Waals surface area contributed by atoms with Gasteiger partial charge in [0.2, 0.25) is 11.8 Å². The minimum Gasteiger partial charge on any atom is -0.473 e. The van der Waals surface area contributed by atoms with Gasteiger partial charge in [-0.3, -0.25) is 14.4 Å². The molecule has 0 saturated carbocycles. The van der Waals surface area contributed by atoms with E-state index in [1.807, 2.05) is 67.1 Å². The van der Waals surface area contributed by atoms with Crippen molar-refractivity contribution in [3.05, 3.63) is 106 Å². The number of furan rings is 1. The molecule has 0 bridgehead atoms. The van der Waals surface area contributed by atoms with Gasteiger partial charge in [0.15, 0.2) is 0 Å². The first kappa shape index (κ1) is 61.8. The van der Waals surface area contributed by atoms with E-state index in [9.17, 15) is 14.4 Å².